The van der Waals surface area contributed by atoms with Crippen LogP contribution in [0.3, 0.4) is 0 Å². The van der Waals surface area contributed by atoms with E-state index in [-0.39, 0.29) is 4.90 Å². The van der Waals surface area contributed by atoms with Crippen molar-refractivity contribution in [3.8, 4) is 0 Å². The van der Waals surface area contributed by atoms with Crippen LogP contribution < -0.4 is 9.62 Å². The van der Waals surface area contributed by atoms with Gasteiger partial charge in [0.1, 0.15) is 11.5 Å². The van der Waals surface area contributed by atoms with E-state index in [4.69, 9.17) is 16.3 Å². The number of aryl methyl sites for hydroxylation is 1. The van der Waals surface area contributed by atoms with Crippen molar-refractivity contribution in [2.45, 2.75) is 31.1 Å². The molecule has 0 spiro atoms. The number of nitrogens with zero attached hydrogens (tertiary/aromatic N) is 1. The summed E-state index contributed by atoms with van der Waals surface area (Å²) in [6.45, 7) is 1.20. The number of methoxy groups -OCH3 is 1. The Kier molecular flexibility index (Phi) is 6.97. The third-order valence-corrected chi connectivity index (χ3v) is 9.08. The fourth-order valence-electron chi connectivity index (χ4n) is 3.99. The zero-order valence-electron chi connectivity index (χ0n) is 18.6. The Morgan fingerprint density at radius 3 is 2.56 bits per heavy atom. The van der Waals surface area contributed by atoms with Crippen molar-refractivity contribution in [3.63, 3.8) is 0 Å². The second-order valence-corrected chi connectivity index (χ2v) is 11.2. The summed E-state index contributed by atoms with van der Waals surface area (Å²) < 4.78 is 33.1. The lowest BCUT2D eigenvalue weighted by Crippen LogP contribution is -2.38. The van der Waals surface area contributed by atoms with Gasteiger partial charge in [-0.15, -0.1) is 11.3 Å². The van der Waals surface area contributed by atoms with E-state index in [2.05, 4.69) is 5.32 Å². The molecule has 1 aliphatic rings. The van der Waals surface area contributed by atoms with Crippen LogP contribution in [-0.2, 0) is 32.4 Å². The summed E-state index contributed by atoms with van der Waals surface area (Å²) in [5.74, 6) is -1.10. The fraction of sp³-hybridized carbons (Fsp3) is 0.250. The third kappa shape index (κ3) is 4.55. The van der Waals surface area contributed by atoms with Crippen molar-refractivity contribution in [1.29, 1.82) is 0 Å². The molecule has 1 aromatic heterocycles. The Labute approximate surface area is 207 Å². The number of amides is 1. The minimum absolute atomic E-state index is 0.0486. The lowest BCUT2D eigenvalue weighted by molar-refractivity contribution is -0.114. The van der Waals surface area contributed by atoms with E-state index in [9.17, 15) is 18.0 Å². The van der Waals surface area contributed by atoms with Gasteiger partial charge >= 0.3 is 5.97 Å². The lowest BCUT2D eigenvalue weighted by Gasteiger charge is -2.26. The molecule has 34 heavy (non-hydrogen) atoms. The number of benzene rings is 2. The third-order valence-electron chi connectivity index (χ3n) is 5.69. The minimum Gasteiger partial charge on any atom is -0.465 e. The van der Waals surface area contributed by atoms with Gasteiger partial charge in [-0.05, 0) is 61.6 Å². The Morgan fingerprint density at radius 2 is 1.85 bits per heavy atom. The number of halogens is 1. The monoisotopic (exact) mass is 518 g/mol. The minimum atomic E-state index is -4.08. The molecule has 0 radical (unpaired) electrons. The maximum atomic E-state index is 13.6. The number of esters is 1. The first kappa shape index (κ1) is 24.3. The molecule has 3 aromatic rings. The van der Waals surface area contributed by atoms with E-state index < -0.39 is 28.4 Å². The SMILES string of the molecule is COC(=O)c1c(NC(=O)CN(c2cccc(Cl)c2C)S(=O)(=O)c2ccccc2)sc2c1CCC2. The average molecular weight is 519 g/mol. The van der Waals surface area contributed by atoms with E-state index in [0.717, 1.165) is 34.0 Å². The molecule has 4 rings (SSSR count). The zero-order chi connectivity index (χ0) is 24.5. The highest BCUT2D eigenvalue weighted by molar-refractivity contribution is 7.92. The van der Waals surface area contributed by atoms with Crippen molar-refractivity contribution in [3.05, 3.63) is 75.1 Å². The number of fused-ring (bicyclic) bond motifs is 1. The number of nitrogens with one attached hydrogen (secondary N) is 1. The van der Waals surface area contributed by atoms with Gasteiger partial charge < -0.3 is 10.1 Å². The van der Waals surface area contributed by atoms with Crippen LogP contribution >= 0.6 is 22.9 Å². The zero-order valence-corrected chi connectivity index (χ0v) is 21.0. The van der Waals surface area contributed by atoms with Crippen LogP contribution in [0.25, 0.3) is 0 Å². The van der Waals surface area contributed by atoms with Crippen LogP contribution in [0, 0.1) is 6.92 Å². The molecule has 1 heterocycles. The van der Waals surface area contributed by atoms with Gasteiger partial charge in [-0.3, -0.25) is 9.10 Å². The van der Waals surface area contributed by atoms with Gasteiger partial charge in [-0.1, -0.05) is 35.9 Å². The highest BCUT2D eigenvalue weighted by Crippen LogP contribution is 2.39. The summed E-state index contributed by atoms with van der Waals surface area (Å²) in [6, 6.07) is 12.8. The number of rotatable bonds is 7. The highest BCUT2D eigenvalue weighted by atomic mass is 35.5. The highest BCUT2D eigenvalue weighted by Gasteiger charge is 2.31. The maximum Gasteiger partial charge on any atom is 0.341 e. The van der Waals surface area contributed by atoms with Crippen LogP contribution in [0.15, 0.2) is 53.4 Å². The number of hydrogen-bond acceptors (Lipinski definition) is 6. The van der Waals surface area contributed by atoms with E-state index in [1.807, 2.05) is 0 Å². The average Bonchev–Trinajstić information content (AvgIpc) is 3.40. The topological polar surface area (TPSA) is 92.8 Å². The van der Waals surface area contributed by atoms with E-state index in [0.29, 0.717) is 26.8 Å². The molecule has 0 saturated carbocycles. The van der Waals surface area contributed by atoms with Crippen LogP contribution in [0.4, 0.5) is 10.7 Å². The number of hydrogen-bond donors (Lipinski definition) is 1. The molecule has 0 bridgehead atoms. The summed E-state index contributed by atoms with van der Waals surface area (Å²) in [7, 11) is -2.79. The van der Waals surface area contributed by atoms with Crippen molar-refractivity contribution >= 4 is 55.5 Å². The van der Waals surface area contributed by atoms with Crippen LogP contribution in [0.5, 0.6) is 0 Å². The number of anilines is 2. The number of ether oxygens (including phenoxy) is 1. The molecule has 2 aromatic carbocycles. The van der Waals surface area contributed by atoms with Crippen LogP contribution in [0.1, 0.15) is 32.8 Å². The van der Waals surface area contributed by atoms with Crippen molar-refractivity contribution in [2.24, 2.45) is 0 Å². The predicted molar refractivity (Wildman–Crippen MR) is 133 cm³/mol. The largest absolute Gasteiger partial charge is 0.465 e. The van der Waals surface area contributed by atoms with Crippen molar-refractivity contribution in [1.82, 2.24) is 0 Å². The van der Waals surface area contributed by atoms with Crippen molar-refractivity contribution < 1.29 is 22.7 Å². The molecule has 7 nitrogen and oxygen atoms in total. The Balaban J connectivity index is 1.70. The Hall–Kier alpha value is -2.88. The van der Waals surface area contributed by atoms with Gasteiger partial charge in [0.05, 0.1) is 23.3 Å². The standard InChI is InChI=1S/C24H23ClN2O5S2/c1-15-18(25)11-7-12-19(15)27(34(30,31)16-8-4-3-5-9-16)14-21(28)26-23-22(24(29)32-2)17-10-6-13-20(17)33-23/h3-5,7-9,11-12H,6,10,13-14H2,1-2H3,(H,26,28). The molecule has 0 saturated heterocycles. The number of carbonyl (C=O) groups excluding carboxylic acids is 2. The van der Waals surface area contributed by atoms with E-state index >= 15 is 0 Å². The molecule has 10 heteroatoms. The second-order valence-electron chi connectivity index (χ2n) is 7.81. The molecular formula is C24H23ClN2O5S2. The molecule has 1 aliphatic carbocycles. The van der Waals surface area contributed by atoms with Gasteiger partial charge in [0, 0.05) is 9.90 Å². The lowest BCUT2D eigenvalue weighted by atomic mass is 10.1. The first-order valence-corrected chi connectivity index (χ1v) is 13.2. The van der Waals surface area contributed by atoms with Crippen LogP contribution in [-0.4, -0.2) is 33.9 Å². The smallest absolute Gasteiger partial charge is 0.341 e. The quantitative estimate of drug-likeness (QED) is 0.453. The van der Waals surface area contributed by atoms with Gasteiger partial charge in [0.25, 0.3) is 10.0 Å². The molecule has 0 unspecified atom stereocenters. The van der Waals surface area contributed by atoms with Gasteiger partial charge in [-0.2, -0.15) is 0 Å². The maximum absolute atomic E-state index is 13.6. The van der Waals surface area contributed by atoms with E-state index in [1.165, 1.54) is 30.6 Å². The molecule has 0 aliphatic heterocycles. The molecule has 1 N–H and O–H groups in total. The molecule has 0 atom stereocenters. The summed E-state index contributed by atoms with van der Waals surface area (Å²) in [5, 5.41) is 3.51. The Morgan fingerprint density at radius 1 is 1.12 bits per heavy atom. The summed E-state index contributed by atoms with van der Waals surface area (Å²) >= 11 is 7.59. The molecule has 1 amide bonds. The van der Waals surface area contributed by atoms with Crippen molar-refractivity contribution in [2.75, 3.05) is 23.3 Å². The van der Waals surface area contributed by atoms with Gasteiger partial charge in [0.15, 0.2) is 0 Å². The normalized spacial score (nSPS) is 12.8. The van der Waals surface area contributed by atoms with E-state index in [1.54, 1.807) is 43.3 Å². The van der Waals surface area contributed by atoms with Gasteiger partial charge in [-0.25, -0.2) is 13.2 Å². The summed E-state index contributed by atoms with van der Waals surface area (Å²) in [4.78, 5) is 26.7. The molecular weight excluding hydrogens is 496 g/mol. The first-order chi connectivity index (χ1) is 16.2. The second kappa shape index (κ2) is 9.77. The first-order valence-electron chi connectivity index (χ1n) is 10.6. The predicted octanol–water partition coefficient (Wildman–Crippen LogP) is 4.82. The number of thiophene rings is 1. The number of carbonyl (C=O) groups is 2. The fourth-order valence-corrected chi connectivity index (χ4v) is 6.96. The Bertz CT molecular complexity index is 1350. The molecule has 178 valence electrons. The summed E-state index contributed by atoms with van der Waals surface area (Å²) in [6.07, 6.45) is 2.51. The van der Waals surface area contributed by atoms with Crippen LogP contribution in [0.2, 0.25) is 5.02 Å². The van der Waals surface area contributed by atoms with Gasteiger partial charge in [0.2, 0.25) is 5.91 Å². The molecule has 0 fully saturated rings. The number of sulfonamides is 1. The summed E-state index contributed by atoms with van der Waals surface area (Å²) in [5.41, 5.74) is 2.08.